The second-order valence-electron chi connectivity index (χ2n) is 5.44. The van der Waals surface area contributed by atoms with Crippen molar-refractivity contribution in [1.82, 2.24) is 5.32 Å². The molecule has 2 aliphatic carbocycles. The lowest BCUT2D eigenvalue weighted by molar-refractivity contribution is 0.223. The van der Waals surface area contributed by atoms with Crippen LogP contribution in [0.3, 0.4) is 0 Å². The highest BCUT2D eigenvalue weighted by molar-refractivity contribution is 4.97. The van der Waals surface area contributed by atoms with E-state index in [9.17, 15) is 4.39 Å². The Morgan fingerprint density at radius 1 is 1.31 bits per heavy atom. The fourth-order valence-corrected chi connectivity index (χ4v) is 2.96. The molecule has 3 unspecified atom stereocenters. The van der Waals surface area contributed by atoms with Crippen molar-refractivity contribution in [3.8, 4) is 0 Å². The molecule has 2 fully saturated rings. The first kappa shape index (κ1) is 9.45. The Kier molecular flexibility index (Phi) is 2.35. The summed E-state index contributed by atoms with van der Waals surface area (Å²) >= 11 is 0. The second kappa shape index (κ2) is 3.23. The molecule has 2 saturated carbocycles. The number of nitrogens with one attached hydrogen (secondary N) is 1. The Labute approximate surface area is 80.1 Å². The molecule has 1 N–H and O–H groups in total. The topological polar surface area (TPSA) is 12.0 Å². The molecule has 0 spiro atoms. The zero-order valence-corrected chi connectivity index (χ0v) is 8.65. The number of hydrogen-bond acceptors (Lipinski definition) is 1. The van der Waals surface area contributed by atoms with Crippen LogP contribution in [0.2, 0.25) is 0 Å². The SMILES string of the molecule is CC(C)(CF)NC1CC2CCC1C2. The lowest BCUT2D eigenvalue weighted by Gasteiger charge is -2.32. The highest BCUT2D eigenvalue weighted by Crippen LogP contribution is 2.44. The fraction of sp³-hybridized carbons (Fsp3) is 1.00. The minimum absolute atomic E-state index is 0.263. The lowest BCUT2D eigenvalue weighted by Crippen LogP contribution is -2.49. The molecule has 3 atom stereocenters. The summed E-state index contributed by atoms with van der Waals surface area (Å²) in [5.74, 6) is 1.79. The summed E-state index contributed by atoms with van der Waals surface area (Å²) < 4.78 is 12.6. The Morgan fingerprint density at radius 2 is 2.08 bits per heavy atom. The van der Waals surface area contributed by atoms with E-state index in [1.807, 2.05) is 13.8 Å². The summed E-state index contributed by atoms with van der Waals surface area (Å²) in [5.41, 5.74) is -0.310. The first-order chi connectivity index (χ1) is 6.11. The van der Waals surface area contributed by atoms with E-state index >= 15 is 0 Å². The van der Waals surface area contributed by atoms with Crippen LogP contribution in [0, 0.1) is 11.8 Å². The van der Waals surface area contributed by atoms with Crippen molar-refractivity contribution in [3.63, 3.8) is 0 Å². The van der Waals surface area contributed by atoms with E-state index in [1.165, 1.54) is 25.7 Å². The Morgan fingerprint density at radius 3 is 2.54 bits per heavy atom. The van der Waals surface area contributed by atoms with E-state index in [1.54, 1.807) is 0 Å². The van der Waals surface area contributed by atoms with Crippen LogP contribution in [0.5, 0.6) is 0 Å². The molecule has 0 radical (unpaired) electrons. The molecular weight excluding hydrogens is 165 g/mol. The van der Waals surface area contributed by atoms with Crippen LogP contribution in [0.25, 0.3) is 0 Å². The van der Waals surface area contributed by atoms with Gasteiger partial charge in [-0.05, 0) is 44.9 Å². The van der Waals surface area contributed by atoms with Gasteiger partial charge in [0.1, 0.15) is 6.67 Å². The Bertz CT molecular complexity index is 191. The third kappa shape index (κ3) is 1.88. The average molecular weight is 185 g/mol. The van der Waals surface area contributed by atoms with Crippen molar-refractivity contribution in [2.45, 2.75) is 51.1 Å². The van der Waals surface area contributed by atoms with E-state index in [2.05, 4.69) is 5.32 Å². The first-order valence-corrected chi connectivity index (χ1v) is 5.44. The lowest BCUT2D eigenvalue weighted by atomic mass is 9.93. The van der Waals surface area contributed by atoms with Gasteiger partial charge in [-0.3, -0.25) is 0 Å². The third-order valence-corrected chi connectivity index (χ3v) is 3.65. The molecule has 0 heterocycles. The molecule has 0 amide bonds. The molecular formula is C11H20FN. The number of hydrogen-bond donors (Lipinski definition) is 1. The molecule has 0 aliphatic heterocycles. The maximum atomic E-state index is 12.6. The second-order valence-corrected chi connectivity index (χ2v) is 5.44. The molecule has 0 saturated heterocycles. The van der Waals surface area contributed by atoms with Gasteiger partial charge in [-0.1, -0.05) is 6.42 Å². The Balaban J connectivity index is 1.89. The van der Waals surface area contributed by atoms with Gasteiger partial charge in [0.15, 0.2) is 0 Å². The number of rotatable bonds is 3. The van der Waals surface area contributed by atoms with Gasteiger partial charge in [0.25, 0.3) is 0 Å². The molecule has 2 aliphatic rings. The maximum absolute atomic E-state index is 12.6. The van der Waals surface area contributed by atoms with Crippen molar-refractivity contribution in [3.05, 3.63) is 0 Å². The summed E-state index contributed by atoms with van der Waals surface area (Å²) in [6, 6.07) is 0.601. The molecule has 0 aromatic heterocycles. The number of alkyl halides is 1. The molecule has 0 aromatic rings. The monoisotopic (exact) mass is 185 g/mol. The van der Waals surface area contributed by atoms with Crippen molar-refractivity contribution in [2.75, 3.05) is 6.67 Å². The number of halogens is 1. The highest BCUT2D eigenvalue weighted by Gasteiger charge is 2.41. The molecule has 13 heavy (non-hydrogen) atoms. The third-order valence-electron chi connectivity index (χ3n) is 3.65. The van der Waals surface area contributed by atoms with E-state index < -0.39 is 0 Å². The smallest absolute Gasteiger partial charge is 0.107 e. The molecule has 2 rings (SSSR count). The van der Waals surface area contributed by atoms with Crippen LogP contribution in [0.4, 0.5) is 4.39 Å². The van der Waals surface area contributed by atoms with Crippen molar-refractivity contribution in [2.24, 2.45) is 11.8 Å². The molecule has 2 bridgehead atoms. The fourth-order valence-electron chi connectivity index (χ4n) is 2.96. The van der Waals surface area contributed by atoms with Crippen LogP contribution >= 0.6 is 0 Å². The molecule has 1 nitrogen and oxygen atoms in total. The maximum Gasteiger partial charge on any atom is 0.107 e. The summed E-state index contributed by atoms with van der Waals surface area (Å²) in [6.07, 6.45) is 5.46. The van der Waals surface area contributed by atoms with E-state index in [0.29, 0.717) is 6.04 Å². The molecule has 0 aromatic carbocycles. The minimum atomic E-state index is -0.310. The van der Waals surface area contributed by atoms with Gasteiger partial charge in [-0.25, -0.2) is 4.39 Å². The molecule has 76 valence electrons. The largest absolute Gasteiger partial charge is 0.306 e. The van der Waals surface area contributed by atoms with Gasteiger partial charge in [0.2, 0.25) is 0 Å². The van der Waals surface area contributed by atoms with Crippen LogP contribution in [-0.2, 0) is 0 Å². The average Bonchev–Trinajstić information content (AvgIpc) is 2.64. The first-order valence-electron chi connectivity index (χ1n) is 5.44. The minimum Gasteiger partial charge on any atom is -0.306 e. The van der Waals surface area contributed by atoms with Gasteiger partial charge in [-0.15, -0.1) is 0 Å². The summed E-state index contributed by atoms with van der Waals surface area (Å²) in [5, 5.41) is 3.46. The quantitative estimate of drug-likeness (QED) is 0.712. The summed E-state index contributed by atoms with van der Waals surface area (Å²) in [4.78, 5) is 0. The van der Waals surface area contributed by atoms with Crippen molar-refractivity contribution < 1.29 is 4.39 Å². The predicted octanol–water partition coefficient (Wildman–Crippen LogP) is 2.51. The summed E-state index contributed by atoms with van der Waals surface area (Å²) in [6.45, 7) is 3.65. The van der Waals surface area contributed by atoms with E-state index in [-0.39, 0.29) is 12.2 Å². The highest BCUT2D eigenvalue weighted by atomic mass is 19.1. The Hall–Kier alpha value is -0.110. The number of fused-ring (bicyclic) bond motifs is 2. The van der Waals surface area contributed by atoms with Crippen LogP contribution < -0.4 is 5.32 Å². The van der Waals surface area contributed by atoms with Crippen molar-refractivity contribution >= 4 is 0 Å². The van der Waals surface area contributed by atoms with E-state index in [4.69, 9.17) is 0 Å². The van der Waals surface area contributed by atoms with Gasteiger partial charge >= 0.3 is 0 Å². The van der Waals surface area contributed by atoms with Gasteiger partial charge < -0.3 is 5.32 Å². The van der Waals surface area contributed by atoms with Crippen LogP contribution in [0.15, 0.2) is 0 Å². The zero-order chi connectivity index (χ0) is 9.47. The standard InChI is InChI=1S/C11H20FN/c1-11(2,7-12)13-10-6-8-3-4-9(10)5-8/h8-10,13H,3-7H2,1-2H3. The zero-order valence-electron chi connectivity index (χ0n) is 8.65. The van der Waals surface area contributed by atoms with E-state index in [0.717, 1.165) is 11.8 Å². The van der Waals surface area contributed by atoms with Gasteiger partial charge in [0.05, 0.1) is 0 Å². The van der Waals surface area contributed by atoms with Gasteiger partial charge in [-0.2, -0.15) is 0 Å². The van der Waals surface area contributed by atoms with Crippen LogP contribution in [-0.4, -0.2) is 18.3 Å². The van der Waals surface area contributed by atoms with Crippen LogP contribution in [0.1, 0.15) is 39.5 Å². The summed E-state index contributed by atoms with van der Waals surface area (Å²) in [7, 11) is 0. The van der Waals surface area contributed by atoms with Gasteiger partial charge in [0, 0.05) is 11.6 Å². The normalized spacial score (nSPS) is 38.5. The molecule has 2 heteroatoms. The van der Waals surface area contributed by atoms with Crippen molar-refractivity contribution in [1.29, 1.82) is 0 Å². The predicted molar refractivity (Wildman–Crippen MR) is 52.4 cm³/mol.